The fourth-order valence-electron chi connectivity index (χ4n) is 7.60. The fraction of sp³-hybridized carbons (Fsp3) is 0.629. The molecule has 0 saturated carbocycles. The van der Waals surface area contributed by atoms with E-state index in [2.05, 4.69) is 27.7 Å². The highest BCUT2D eigenvalue weighted by atomic mass is 16.6. The molecule has 0 aliphatic carbocycles. The van der Waals surface area contributed by atoms with Crippen LogP contribution >= 0.6 is 0 Å². The van der Waals surface area contributed by atoms with Crippen molar-refractivity contribution in [3.8, 4) is 11.3 Å². The van der Waals surface area contributed by atoms with Gasteiger partial charge in [0.05, 0.1) is 40.9 Å². The molecule has 3 atom stereocenters. The zero-order chi connectivity index (χ0) is 33.6. The summed E-state index contributed by atoms with van der Waals surface area (Å²) >= 11 is 0. The molecule has 2 N–H and O–H groups in total. The van der Waals surface area contributed by atoms with Gasteiger partial charge in [0, 0.05) is 62.5 Å². The van der Waals surface area contributed by atoms with E-state index in [9.17, 15) is 4.79 Å². The van der Waals surface area contributed by atoms with Crippen LogP contribution in [0.25, 0.3) is 16.8 Å². The Bertz CT molecular complexity index is 1650. The fourth-order valence-corrected chi connectivity index (χ4v) is 7.60. The third kappa shape index (κ3) is 6.54. The smallest absolute Gasteiger partial charge is 0.410 e. The standard InChI is InChI=1S/C35H49N9O4/c1-22-32(23(2)43(40-22)24-12-15-41(16-13-24)34(45)48-35(3,4)5)28-18-30(42-20-25-9-10-26(21-42)47-25)39-33(38-28)27(19-36)29-11-14-37-44(29)31-8-6-7-17-46-31/h11,14,18-19,24-26,31H,6-10,12-13,15-17,20-21,36H2,1-5H3/b27-19-. The number of nitrogens with two attached hydrogens (primary N) is 1. The van der Waals surface area contributed by atoms with E-state index in [-0.39, 0.29) is 30.6 Å². The number of nitrogens with zero attached hydrogens (tertiary/aromatic N) is 8. The highest BCUT2D eigenvalue weighted by molar-refractivity contribution is 5.77. The van der Waals surface area contributed by atoms with E-state index in [4.69, 9.17) is 35.0 Å². The average molecular weight is 660 g/mol. The molecule has 13 nitrogen and oxygen atoms in total. The number of fused-ring (bicyclic) bond motifs is 2. The SMILES string of the molecule is Cc1nn(C2CCN(C(=O)OC(C)(C)C)CC2)c(C)c1-c1cc(N2CC3CCC(C2)O3)nc(/C(=C\N)c2ccnn2C2CCCCO2)n1. The number of carbonyl (C=O) groups is 1. The van der Waals surface area contributed by atoms with Crippen LogP contribution in [0, 0.1) is 13.8 Å². The Balaban J connectivity index is 1.22. The van der Waals surface area contributed by atoms with E-state index in [1.54, 1.807) is 17.3 Å². The summed E-state index contributed by atoms with van der Waals surface area (Å²) in [7, 11) is 0. The monoisotopic (exact) mass is 659 g/mol. The van der Waals surface area contributed by atoms with E-state index in [0.717, 1.165) is 92.2 Å². The van der Waals surface area contributed by atoms with E-state index >= 15 is 0 Å². The first-order valence-corrected chi connectivity index (χ1v) is 17.5. The number of anilines is 1. The van der Waals surface area contributed by atoms with Gasteiger partial charge in [-0.3, -0.25) is 4.68 Å². The summed E-state index contributed by atoms with van der Waals surface area (Å²) in [5.41, 5.74) is 11.1. The molecule has 13 heteroatoms. The number of morpholine rings is 1. The van der Waals surface area contributed by atoms with Crippen molar-refractivity contribution in [3.05, 3.63) is 47.4 Å². The largest absolute Gasteiger partial charge is 0.444 e. The maximum atomic E-state index is 12.7. The Labute approximate surface area is 282 Å². The van der Waals surface area contributed by atoms with E-state index in [0.29, 0.717) is 31.1 Å². The molecule has 1 amide bonds. The van der Waals surface area contributed by atoms with Crippen LogP contribution < -0.4 is 10.6 Å². The minimum atomic E-state index is -0.517. The summed E-state index contributed by atoms with van der Waals surface area (Å²) in [5, 5.41) is 9.69. The molecule has 0 radical (unpaired) electrons. The van der Waals surface area contributed by atoms with Crippen molar-refractivity contribution in [2.45, 2.75) is 110 Å². The lowest BCUT2D eigenvalue weighted by Gasteiger charge is -2.34. The highest BCUT2D eigenvalue weighted by Gasteiger charge is 2.36. The zero-order valence-corrected chi connectivity index (χ0v) is 28.9. The number of rotatable bonds is 6. The predicted molar refractivity (Wildman–Crippen MR) is 181 cm³/mol. The van der Waals surface area contributed by atoms with Gasteiger partial charge in [-0.2, -0.15) is 10.2 Å². The number of piperidine rings is 1. The first-order valence-electron chi connectivity index (χ1n) is 17.5. The normalized spacial score (nSPS) is 23.9. The minimum Gasteiger partial charge on any atom is -0.444 e. The highest BCUT2D eigenvalue weighted by Crippen LogP contribution is 2.36. The van der Waals surface area contributed by atoms with Crippen molar-refractivity contribution >= 4 is 17.5 Å². The van der Waals surface area contributed by atoms with Gasteiger partial charge in [0.1, 0.15) is 11.4 Å². The second kappa shape index (κ2) is 13.1. The molecule has 7 rings (SSSR count). The van der Waals surface area contributed by atoms with E-state index in [1.165, 1.54) is 0 Å². The molecule has 3 unspecified atom stereocenters. The van der Waals surface area contributed by atoms with Crippen molar-refractivity contribution in [3.63, 3.8) is 0 Å². The molecule has 7 heterocycles. The second-order valence-corrected chi connectivity index (χ2v) is 14.5. The van der Waals surface area contributed by atoms with Gasteiger partial charge >= 0.3 is 6.09 Å². The van der Waals surface area contributed by atoms with Gasteiger partial charge in [-0.25, -0.2) is 19.4 Å². The molecular formula is C35H49N9O4. The third-order valence-electron chi connectivity index (χ3n) is 9.91. The Morgan fingerprint density at radius 1 is 1.02 bits per heavy atom. The summed E-state index contributed by atoms with van der Waals surface area (Å²) in [4.78, 5) is 27.2. The third-order valence-corrected chi connectivity index (χ3v) is 9.91. The Kier molecular flexibility index (Phi) is 8.92. The average Bonchev–Trinajstić information content (AvgIpc) is 3.77. The van der Waals surface area contributed by atoms with Crippen LogP contribution in [0.2, 0.25) is 0 Å². The Hall–Kier alpha value is -3.97. The number of ether oxygens (including phenoxy) is 3. The van der Waals surface area contributed by atoms with Gasteiger partial charge < -0.3 is 29.7 Å². The van der Waals surface area contributed by atoms with Crippen LogP contribution in [-0.2, 0) is 14.2 Å². The number of aromatic nitrogens is 6. The topological polar surface area (TPSA) is 139 Å². The van der Waals surface area contributed by atoms with Crippen molar-refractivity contribution < 1.29 is 19.0 Å². The van der Waals surface area contributed by atoms with Crippen LogP contribution in [0.1, 0.15) is 101 Å². The molecule has 48 heavy (non-hydrogen) atoms. The molecule has 258 valence electrons. The van der Waals surface area contributed by atoms with Crippen molar-refractivity contribution in [2.75, 3.05) is 37.7 Å². The van der Waals surface area contributed by atoms with Gasteiger partial charge in [-0.15, -0.1) is 0 Å². The molecular weight excluding hydrogens is 610 g/mol. The number of aryl methyl sites for hydroxylation is 1. The second-order valence-electron chi connectivity index (χ2n) is 14.5. The van der Waals surface area contributed by atoms with E-state index in [1.807, 2.05) is 38.4 Å². The number of hydrogen-bond donors (Lipinski definition) is 1. The lowest BCUT2D eigenvalue weighted by molar-refractivity contribution is -0.0399. The molecule has 4 fully saturated rings. The molecule has 0 aromatic carbocycles. The molecule has 4 aliphatic heterocycles. The first kappa shape index (κ1) is 32.6. The zero-order valence-electron chi connectivity index (χ0n) is 28.9. The first-order chi connectivity index (χ1) is 23.1. The Morgan fingerprint density at radius 2 is 1.77 bits per heavy atom. The summed E-state index contributed by atoms with van der Waals surface area (Å²) in [6.45, 7) is 13.4. The van der Waals surface area contributed by atoms with Crippen LogP contribution in [0.5, 0.6) is 0 Å². The van der Waals surface area contributed by atoms with E-state index < -0.39 is 5.60 Å². The summed E-state index contributed by atoms with van der Waals surface area (Å²) < 4.78 is 21.9. The molecule has 3 aromatic rings. The van der Waals surface area contributed by atoms with Gasteiger partial charge in [-0.05, 0) is 85.6 Å². The molecule has 0 spiro atoms. The maximum Gasteiger partial charge on any atom is 0.410 e. The number of amides is 1. The summed E-state index contributed by atoms with van der Waals surface area (Å²) in [6.07, 6.45) is 10.1. The molecule has 4 aliphatic rings. The summed E-state index contributed by atoms with van der Waals surface area (Å²) in [6, 6.07) is 4.21. The van der Waals surface area contributed by atoms with Crippen molar-refractivity contribution in [1.29, 1.82) is 0 Å². The number of likely N-dealkylation sites (tertiary alicyclic amines) is 1. The van der Waals surface area contributed by atoms with Crippen LogP contribution in [0.15, 0.2) is 24.5 Å². The summed E-state index contributed by atoms with van der Waals surface area (Å²) in [5.74, 6) is 1.39. The lowest BCUT2D eigenvalue weighted by Crippen LogP contribution is -2.43. The Morgan fingerprint density at radius 3 is 2.44 bits per heavy atom. The maximum absolute atomic E-state index is 12.7. The van der Waals surface area contributed by atoms with Crippen molar-refractivity contribution in [1.82, 2.24) is 34.4 Å². The quantitative estimate of drug-likeness (QED) is 0.379. The minimum absolute atomic E-state index is 0.152. The predicted octanol–water partition coefficient (Wildman–Crippen LogP) is 5.14. The van der Waals surface area contributed by atoms with Gasteiger partial charge in [0.2, 0.25) is 0 Å². The van der Waals surface area contributed by atoms with Crippen LogP contribution in [-0.4, -0.2) is 91.1 Å². The van der Waals surface area contributed by atoms with Gasteiger partial charge in [0.15, 0.2) is 12.1 Å². The number of hydrogen-bond acceptors (Lipinski definition) is 10. The van der Waals surface area contributed by atoms with Crippen LogP contribution in [0.3, 0.4) is 0 Å². The van der Waals surface area contributed by atoms with Crippen molar-refractivity contribution in [2.24, 2.45) is 5.73 Å². The number of carbonyl (C=O) groups excluding carboxylic acids is 1. The molecule has 4 saturated heterocycles. The lowest BCUT2D eigenvalue weighted by atomic mass is 10.0. The molecule has 2 bridgehead atoms. The molecule has 3 aromatic heterocycles. The van der Waals surface area contributed by atoms with Crippen LogP contribution in [0.4, 0.5) is 10.6 Å². The van der Waals surface area contributed by atoms with Gasteiger partial charge in [-0.1, -0.05) is 0 Å². The van der Waals surface area contributed by atoms with Gasteiger partial charge in [0.25, 0.3) is 0 Å².